The zero-order valence-electron chi connectivity index (χ0n) is 8.91. The maximum absolute atomic E-state index is 11.4. The van der Waals surface area contributed by atoms with Crippen molar-refractivity contribution in [2.45, 2.75) is 13.5 Å². The second-order valence-corrected chi connectivity index (χ2v) is 4.50. The van der Waals surface area contributed by atoms with Crippen molar-refractivity contribution < 1.29 is 0 Å². The Labute approximate surface area is 92.4 Å². The second-order valence-electron chi connectivity index (χ2n) is 3.51. The third kappa shape index (κ3) is 1.96. The predicted octanol–water partition coefficient (Wildman–Crippen LogP) is 1.71. The molecule has 4 heteroatoms. The van der Waals surface area contributed by atoms with Gasteiger partial charge in [-0.05, 0) is 24.2 Å². The van der Waals surface area contributed by atoms with E-state index in [9.17, 15) is 4.79 Å². The van der Waals surface area contributed by atoms with Gasteiger partial charge in [0.2, 0.25) is 0 Å². The van der Waals surface area contributed by atoms with Crippen LogP contribution in [-0.2, 0) is 13.6 Å². The van der Waals surface area contributed by atoms with Crippen LogP contribution in [0.15, 0.2) is 23.0 Å². The minimum Gasteiger partial charge on any atom is -0.313 e. The summed E-state index contributed by atoms with van der Waals surface area (Å²) < 4.78 is 2.76. The van der Waals surface area contributed by atoms with E-state index in [1.807, 2.05) is 13.1 Å². The number of nitrogens with one attached hydrogen (secondary N) is 1. The van der Waals surface area contributed by atoms with Crippen LogP contribution in [0.25, 0.3) is 10.2 Å². The zero-order valence-corrected chi connectivity index (χ0v) is 9.73. The zero-order chi connectivity index (χ0) is 10.8. The van der Waals surface area contributed by atoms with E-state index in [2.05, 4.69) is 24.4 Å². The van der Waals surface area contributed by atoms with E-state index in [-0.39, 0.29) is 4.87 Å². The first kappa shape index (κ1) is 10.4. The van der Waals surface area contributed by atoms with Crippen LogP contribution in [0.3, 0.4) is 0 Å². The van der Waals surface area contributed by atoms with Crippen LogP contribution in [-0.4, -0.2) is 11.1 Å². The molecule has 0 aliphatic heterocycles. The van der Waals surface area contributed by atoms with E-state index in [1.54, 1.807) is 4.57 Å². The lowest BCUT2D eigenvalue weighted by atomic mass is 10.2. The number of rotatable bonds is 3. The predicted molar refractivity (Wildman–Crippen MR) is 64.4 cm³/mol. The molecule has 0 saturated carbocycles. The Hall–Kier alpha value is -1.13. The highest BCUT2D eigenvalue weighted by Gasteiger charge is 2.03. The van der Waals surface area contributed by atoms with Gasteiger partial charge in [0, 0.05) is 13.6 Å². The summed E-state index contributed by atoms with van der Waals surface area (Å²) in [7, 11) is 1.81. The highest BCUT2D eigenvalue weighted by molar-refractivity contribution is 7.16. The van der Waals surface area contributed by atoms with Gasteiger partial charge in [0.05, 0.1) is 10.2 Å². The first-order valence-corrected chi connectivity index (χ1v) is 5.83. The average Bonchev–Trinajstić information content (AvgIpc) is 2.52. The van der Waals surface area contributed by atoms with Crippen molar-refractivity contribution in [3.05, 3.63) is 33.4 Å². The summed E-state index contributed by atoms with van der Waals surface area (Å²) in [5.74, 6) is 0. The van der Waals surface area contributed by atoms with Crippen LogP contribution >= 0.6 is 11.3 Å². The molecule has 2 rings (SSSR count). The van der Waals surface area contributed by atoms with Crippen molar-refractivity contribution >= 4 is 21.6 Å². The van der Waals surface area contributed by atoms with Crippen molar-refractivity contribution in [2.75, 3.05) is 6.54 Å². The summed E-state index contributed by atoms with van der Waals surface area (Å²) in [5.41, 5.74) is 2.25. The second kappa shape index (κ2) is 4.16. The van der Waals surface area contributed by atoms with Gasteiger partial charge in [0.15, 0.2) is 0 Å². The van der Waals surface area contributed by atoms with Crippen molar-refractivity contribution in [1.29, 1.82) is 0 Å². The molecule has 3 nitrogen and oxygen atoms in total. The van der Waals surface area contributed by atoms with Crippen LogP contribution in [0.1, 0.15) is 12.5 Å². The van der Waals surface area contributed by atoms with Crippen LogP contribution in [0.2, 0.25) is 0 Å². The topological polar surface area (TPSA) is 34.0 Å². The molecule has 80 valence electrons. The molecule has 15 heavy (non-hydrogen) atoms. The van der Waals surface area contributed by atoms with Crippen molar-refractivity contribution in [2.24, 2.45) is 7.05 Å². The maximum atomic E-state index is 11.4. The van der Waals surface area contributed by atoms with Crippen molar-refractivity contribution in [1.82, 2.24) is 9.88 Å². The first-order chi connectivity index (χ1) is 7.22. The molecule has 0 bridgehead atoms. The molecule has 0 amide bonds. The molecule has 0 fully saturated rings. The fourth-order valence-electron chi connectivity index (χ4n) is 1.56. The number of thiazole rings is 1. The van der Waals surface area contributed by atoms with Crippen LogP contribution in [0.5, 0.6) is 0 Å². The molecule has 1 heterocycles. The number of fused-ring (bicyclic) bond motifs is 1. The number of aromatic nitrogens is 1. The van der Waals surface area contributed by atoms with Gasteiger partial charge in [-0.2, -0.15) is 0 Å². The summed E-state index contributed by atoms with van der Waals surface area (Å²) in [6.07, 6.45) is 0. The van der Waals surface area contributed by atoms with E-state index in [0.717, 1.165) is 23.3 Å². The normalized spacial score (nSPS) is 11.1. The molecule has 0 atom stereocenters. The number of nitrogens with zero attached hydrogens (tertiary/aromatic N) is 1. The summed E-state index contributed by atoms with van der Waals surface area (Å²) in [5, 5.41) is 3.27. The Bertz CT molecular complexity index is 527. The number of hydrogen-bond acceptors (Lipinski definition) is 3. The Morgan fingerprint density at radius 3 is 3.00 bits per heavy atom. The third-order valence-electron chi connectivity index (χ3n) is 2.44. The van der Waals surface area contributed by atoms with Gasteiger partial charge in [0.25, 0.3) is 0 Å². The fourth-order valence-corrected chi connectivity index (χ4v) is 2.50. The standard InChI is InChI=1S/C11H14N2OS/c1-3-12-7-8-4-5-9-10(6-8)15-11(14)13(9)2/h4-6,12H,3,7H2,1-2H3. The first-order valence-electron chi connectivity index (χ1n) is 5.01. The number of benzene rings is 1. The molecule has 0 unspecified atom stereocenters. The van der Waals surface area contributed by atoms with Gasteiger partial charge >= 0.3 is 4.87 Å². The smallest absolute Gasteiger partial charge is 0.307 e. The lowest BCUT2D eigenvalue weighted by molar-refractivity contribution is 0.727. The van der Waals surface area contributed by atoms with E-state index in [1.165, 1.54) is 16.9 Å². The number of aryl methyl sites for hydroxylation is 1. The molecule has 0 spiro atoms. The molecule has 0 aliphatic carbocycles. The lowest BCUT2D eigenvalue weighted by Crippen LogP contribution is -2.11. The third-order valence-corrected chi connectivity index (χ3v) is 3.43. The summed E-state index contributed by atoms with van der Waals surface area (Å²) >= 11 is 1.31. The van der Waals surface area contributed by atoms with Gasteiger partial charge in [-0.3, -0.25) is 4.79 Å². The van der Waals surface area contributed by atoms with Crippen LogP contribution < -0.4 is 10.2 Å². The number of hydrogen-bond donors (Lipinski definition) is 1. The van der Waals surface area contributed by atoms with E-state index < -0.39 is 0 Å². The van der Waals surface area contributed by atoms with Gasteiger partial charge in [0.1, 0.15) is 0 Å². The molecular weight excluding hydrogens is 208 g/mol. The van der Waals surface area contributed by atoms with Crippen LogP contribution in [0, 0.1) is 0 Å². The summed E-state index contributed by atoms with van der Waals surface area (Å²) in [6.45, 7) is 3.91. The Morgan fingerprint density at radius 1 is 1.47 bits per heavy atom. The van der Waals surface area contributed by atoms with Gasteiger partial charge in [-0.1, -0.05) is 24.3 Å². The molecule has 0 saturated heterocycles. The quantitative estimate of drug-likeness (QED) is 0.858. The van der Waals surface area contributed by atoms with Crippen molar-refractivity contribution in [3.8, 4) is 0 Å². The molecule has 1 N–H and O–H groups in total. The van der Waals surface area contributed by atoms with Crippen LogP contribution in [0.4, 0.5) is 0 Å². The Kier molecular flexibility index (Phi) is 2.88. The van der Waals surface area contributed by atoms with Gasteiger partial charge < -0.3 is 9.88 Å². The summed E-state index contributed by atoms with van der Waals surface area (Å²) in [6, 6.07) is 6.17. The van der Waals surface area contributed by atoms with E-state index in [4.69, 9.17) is 0 Å². The van der Waals surface area contributed by atoms with E-state index >= 15 is 0 Å². The monoisotopic (exact) mass is 222 g/mol. The fraction of sp³-hybridized carbons (Fsp3) is 0.364. The Morgan fingerprint density at radius 2 is 2.27 bits per heavy atom. The highest BCUT2D eigenvalue weighted by atomic mass is 32.1. The Balaban J connectivity index is 2.43. The molecule has 0 radical (unpaired) electrons. The highest BCUT2D eigenvalue weighted by Crippen LogP contribution is 2.17. The lowest BCUT2D eigenvalue weighted by Gasteiger charge is -2.02. The SMILES string of the molecule is CCNCc1ccc2c(c1)sc(=O)n2C. The minimum atomic E-state index is 0.102. The van der Waals surface area contributed by atoms with Gasteiger partial charge in [-0.25, -0.2) is 0 Å². The van der Waals surface area contributed by atoms with Gasteiger partial charge in [-0.15, -0.1) is 0 Å². The van der Waals surface area contributed by atoms with E-state index in [0.29, 0.717) is 0 Å². The molecule has 1 aromatic heterocycles. The largest absolute Gasteiger partial charge is 0.313 e. The minimum absolute atomic E-state index is 0.102. The van der Waals surface area contributed by atoms with Crippen molar-refractivity contribution in [3.63, 3.8) is 0 Å². The molecular formula is C11H14N2OS. The molecule has 2 aromatic rings. The molecule has 0 aliphatic rings. The maximum Gasteiger partial charge on any atom is 0.307 e. The average molecular weight is 222 g/mol. The molecule has 1 aromatic carbocycles. The summed E-state index contributed by atoms with van der Waals surface area (Å²) in [4.78, 5) is 11.5.